The van der Waals surface area contributed by atoms with Gasteiger partial charge in [0.1, 0.15) is 11.6 Å². The first-order chi connectivity index (χ1) is 9.45. The Morgan fingerprint density at radius 3 is 2.30 bits per heavy atom. The average molecular weight is 278 g/mol. The van der Waals surface area contributed by atoms with E-state index in [0.717, 1.165) is 30.3 Å². The van der Waals surface area contributed by atoms with Crippen LogP contribution in [0.5, 0.6) is 0 Å². The Balaban J connectivity index is 2.23. The van der Waals surface area contributed by atoms with E-state index in [1.54, 1.807) is 0 Å². The smallest absolute Gasteiger partial charge is 0.274 e. The van der Waals surface area contributed by atoms with Gasteiger partial charge in [0.25, 0.3) is 11.6 Å². The highest BCUT2D eigenvalue weighted by atomic mass is 19.1. The second-order valence-electron chi connectivity index (χ2n) is 3.92. The minimum atomic E-state index is -0.839. The van der Waals surface area contributed by atoms with Crippen molar-refractivity contribution in [2.75, 3.05) is 5.32 Å². The van der Waals surface area contributed by atoms with Crippen LogP contribution in [0.1, 0.15) is 10.4 Å². The van der Waals surface area contributed by atoms with E-state index in [9.17, 15) is 23.7 Å². The molecule has 2 aromatic carbocycles. The average Bonchev–Trinajstić information content (AvgIpc) is 2.38. The van der Waals surface area contributed by atoms with Crippen molar-refractivity contribution in [2.24, 2.45) is 0 Å². The highest BCUT2D eigenvalue weighted by molar-refractivity contribution is 6.04. The van der Waals surface area contributed by atoms with E-state index in [4.69, 9.17) is 0 Å². The molecule has 0 atom stereocenters. The van der Waals surface area contributed by atoms with Gasteiger partial charge in [0.15, 0.2) is 0 Å². The van der Waals surface area contributed by atoms with Gasteiger partial charge in [-0.05, 0) is 30.3 Å². The van der Waals surface area contributed by atoms with Gasteiger partial charge in [-0.25, -0.2) is 8.78 Å². The Morgan fingerprint density at radius 2 is 1.70 bits per heavy atom. The molecule has 0 unspecified atom stereocenters. The number of nitro benzene ring substituents is 1. The first kappa shape index (κ1) is 13.6. The summed E-state index contributed by atoms with van der Waals surface area (Å²) < 4.78 is 25.9. The topological polar surface area (TPSA) is 72.2 Å². The summed E-state index contributed by atoms with van der Waals surface area (Å²) in [5.41, 5.74) is -0.372. The molecule has 2 rings (SSSR count). The van der Waals surface area contributed by atoms with Crippen LogP contribution in [-0.2, 0) is 0 Å². The summed E-state index contributed by atoms with van der Waals surface area (Å²) in [4.78, 5) is 21.6. The predicted octanol–water partition coefficient (Wildman–Crippen LogP) is 3.13. The molecule has 0 aliphatic carbocycles. The quantitative estimate of drug-likeness (QED) is 0.692. The molecular weight excluding hydrogens is 270 g/mol. The standard InChI is InChI=1S/C13H8F2N2O3/c14-9-3-1-8(2-4-9)13(18)16-11-5-10(15)6-12(7-11)17(19)20/h1-7H,(H,16,18). The number of halogens is 2. The third-order valence-electron chi connectivity index (χ3n) is 2.46. The molecule has 7 heteroatoms. The molecule has 0 aliphatic heterocycles. The van der Waals surface area contributed by atoms with Crippen LogP contribution in [0.15, 0.2) is 42.5 Å². The third kappa shape index (κ3) is 3.14. The molecule has 0 fully saturated rings. The van der Waals surface area contributed by atoms with Gasteiger partial charge < -0.3 is 5.32 Å². The third-order valence-corrected chi connectivity index (χ3v) is 2.46. The SMILES string of the molecule is O=C(Nc1cc(F)cc([N+](=O)[O-])c1)c1ccc(F)cc1. The lowest BCUT2D eigenvalue weighted by molar-refractivity contribution is -0.385. The number of nitrogens with one attached hydrogen (secondary N) is 1. The number of amides is 1. The summed E-state index contributed by atoms with van der Waals surface area (Å²) in [5, 5.41) is 12.9. The molecule has 0 spiro atoms. The Hall–Kier alpha value is -2.83. The van der Waals surface area contributed by atoms with Crippen LogP contribution in [0.4, 0.5) is 20.2 Å². The number of hydrogen-bond donors (Lipinski definition) is 1. The van der Waals surface area contributed by atoms with Crippen LogP contribution < -0.4 is 5.32 Å². The normalized spacial score (nSPS) is 10.1. The Morgan fingerprint density at radius 1 is 1.05 bits per heavy atom. The van der Waals surface area contributed by atoms with E-state index in [1.165, 1.54) is 12.1 Å². The zero-order chi connectivity index (χ0) is 14.7. The summed E-state index contributed by atoms with van der Waals surface area (Å²) in [7, 11) is 0. The van der Waals surface area contributed by atoms with Crippen LogP contribution >= 0.6 is 0 Å². The molecule has 5 nitrogen and oxygen atoms in total. The number of non-ortho nitro benzene ring substituents is 1. The maximum absolute atomic E-state index is 13.2. The second kappa shape index (κ2) is 5.43. The molecule has 20 heavy (non-hydrogen) atoms. The highest BCUT2D eigenvalue weighted by Gasteiger charge is 2.12. The molecule has 0 saturated heterocycles. The number of rotatable bonds is 3. The molecule has 2 aromatic rings. The fourth-order valence-corrected chi connectivity index (χ4v) is 1.56. The molecule has 0 aromatic heterocycles. The van der Waals surface area contributed by atoms with E-state index in [-0.39, 0.29) is 11.3 Å². The van der Waals surface area contributed by atoms with Crippen molar-refractivity contribution in [3.05, 3.63) is 69.8 Å². The number of hydrogen-bond acceptors (Lipinski definition) is 3. The molecule has 0 heterocycles. The number of nitro groups is 1. The van der Waals surface area contributed by atoms with Gasteiger partial charge in [0.05, 0.1) is 16.7 Å². The summed E-state index contributed by atoms with van der Waals surface area (Å²) in [6.07, 6.45) is 0. The lowest BCUT2D eigenvalue weighted by atomic mass is 10.2. The van der Waals surface area contributed by atoms with Crippen molar-refractivity contribution in [1.82, 2.24) is 0 Å². The Bertz CT molecular complexity index is 672. The fourth-order valence-electron chi connectivity index (χ4n) is 1.56. The van der Waals surface area contributed by atoms with Crippen LogP contribution in [-0.4, -0.2) is 10.8 Å². The van der Waals surface area contributed by atoms with E-state index in [1.807, 2.05) is 0 Å². The zero-order valence-corrected chi connectivity index (χ0v) is 9.97. The second-order valence-corrected chi connectivity index (χ2v) is 3.92. The van der Waals surface area contributed by atoms with Gasteiger partial charge in [-0.2, -0.15) is 0 Å². The fraction of sp³-hybridized carbons (Fsp3) is 0. The minimum absolute atomic E-state index is 0.0500. The molecular formula is C13H8F2N2O3. The summed E-state index contributed by atoms with van der Waals surface area (Å²) in [6.45, 7) is 0. The van der Waals surface area contributed by atoms with Gasteiger partial charge in [-0.3, -0.25) is 14.9 Å². The summed E-state index contributed by atoms with van der Waals surface area (Å²) >= 11 is 0. The van der Waals surface area contributed by atoms with E-state index < -0.39 is 28.2 Å². The lowest BCUT2D eigenvalue weighted by Gasteiger charge is -2.05. The largest absolute Gasteiger partial charge is 0.322 e. The van der Waals surface area contributed by atoms with Gasteiger partial charge in [-0.1, -0.05) is 0 Å². The minimum Gasteiger partial charge on any atom is -0.322 e. The Kier molecular flexibility index (Phi) is 3.69. The number of anilines is 1. The van der Waals surface area contributed by atoms with Crippen molar-refractivity contribution >= 4 is 17.3 Å². The van der Waals surface area contributed by atoms with E-state index in [2.05, 4.69) is 5.32 Å². The number of nitrogens with zero attached hydrogens (tertiary/aromatic N) is 1. The van der Waals surface area contributed by atoms with Crippen LogP contribution in [0.25, 0.3) is 0 Å². The van der Waals surface area contributed by atoms with Crippen LogP contribution in [0, 0.1) is 21.7 Å². The van der Waals surface area contributed by atoms with E-state index >= 15 is 0 Å². The predicted molar refractivity (Wildman–Crippen MR) is 67.4 cm³/mol. The van der Waals surface area contributed by atoms with Crippen molar-refractivity contribution in [1.29, 1.82) is 0 Å². The summed E-state index contributed by atoms with van der Waals surface area (Å²) in [5.74, 6) is -1.96. The van der Waals surface area contributed by atoms with Crippen molar-refractivity contribution in [3.63, 3.8) is 0 Å². The van der Waals surface area contributed by atoms with E-state index in [0.29, 0.717) is 0 Å². The molecule has 0 saturated carbocycles. The van der Waals surface area contributed by atoms with Gasteiger partial charge in [0, 0.05) is 11.6 Å². The Labute approximate surface area is 112 Å². The maximum atomic E-state index is 13.2. The first-order valence-corrected chi connectivity index (χ1v) is 5.47. The molecule has 0 bridgehead atoms. The van der Waals surface area contributed by atoms with Crippen molar-refractivity contribution < 1.29 is 18.5 Å². The van der Waals surface area contributed by atoms with Gasteiger partial charge in [0.2, 0.25) is 0 Å². The van der Waals surface area contributed by atoms with Crippen molar-refractivity contribution in [3.8, 4) is 0 Å². The molecule has 1 N–H and O–H groups in total. The van der Waals surface area contributed by atoms with Gasteiger partial charge in [-0.15, -0.1) is 0 Å². The number of carbonyl (C=O) groups is 1. The highest BCUT2D eigenvalue weighted by Crippen LogP contribution is 2.20. The number of carbonyl (C=O) groups excluding carboxylic acids is 1. The molecule has 1 amide bonds. The molecule has 0 aliphatic rings. The monoisotopic (exact) mass is 278 g/mol. The first-order valence-electron chi connectivity index (χ1n) is 5.47. The molecule has 102 valence electrons. The van der Waals surface area contributed by atoms with Gasteiger partial charge >= 0.3 is 0 Å². The molecule has 0 radical (unpaired) electrons. The van der Waals surface area contributed by atoms with Crippen molar-refractivity contribution in [2.45, 2.75) is 0 Å². The summed E-state index contributed by atoms with van der Waals surface area (Å²) in [6, 6.07) is 7.43. The lowest BCUT2D eigenvalue weighted by Crippen LogP contribution is -2.12. The zero-order valence-electron chi connectivity index (χ0n) is 9.97. The maximum Gasteiger partial charge on any atom is 0.274 e. The van der Waals surface area contributed by atoms with Crippen LogP contribution in [0.3, 0.4) is 0 Å². The van der Waals surface area contributed by atoms with Crippen LogP contribution in [0.2, 0.25) is 0 Å². The number of benzene rings is 2.